The van der Waals surface area contributed by atoms with Crippen LogP contribution in [0.5, 0.6) is 5.75 Å². The van der Waals surface area contributed by atoms with Crippen molar-refractivity contribution in [2.45, 2.75) is 43.9 Å². The van der Waals surface area contributed by atoms with Crippen molar-refractivity contribution in [1.82, 2.24) is 10.2 Å². The Hall–Kier alpha value is -2.58. The Morgan fingerprint density at radius 2 is 1.70 bits per heavy atom. The first-order valence-electron chi connectivity index (χ1n) is 11.6. The zero-order valence-electron chi connectivity index (χ0n) is 19.6. The summed E-state index contributed by atoms with van der Waals surface area (Å²) in [6.45, 7) is 5.26. The van der Waals surface area contributed by atoms with E-state index < -0.39 is 10.0 Å². The molecule has 2 aromatic carbocycles. The fraction of sp³-hybridized carbons (Fsp3) is 0.480. The molecule has 2 aromatic rings. The van der Waals surface area contributed by atoms with E-state index in [1.807, 2.05) is 6.92 Å². The van der Waals surface area contributed by atoms with E-state index in [2.05, 4.69) is 10.2 Å². The van der Waals surface area contributed by atoms with Crippen LogP contribution in [0.4, 0.5) is 5.69 Å². The number of ether oxygens (including phenoxy) is 1. The number of benzene rings is 2. The molecule has 3 rings (SSSR count). The van der Waals surface area contributed by atoms with Crippen molar-refractivity contribution in [2.75, 3.05) is 44.1 Å². The van der Waals surface area contributed by atoms with Gasteiger partial charge in [0.1, 0.15) is 12.3 Å². The first kappa shape index (κ1) is 25.1. The van der Waals surface area contributed by atoms with Crippen molar-refractivity contribution >= 4 is 21.6 Å². The monoisotopic (exact) mass is 473 g/mol. The van der Waals surface area contributed by atoms with Gasteiger partial charge in [0, 0.05) is 6.54 Å². The minimum absolute atomic E-state index is 0.132. The summed E-state index contributed by atoms with van der Waals surface area (Å²) in [7, 11) is -2.48. The lowest BCUT2D eigenvalue weighted by Crippen LogP contribution is -2.41. The maximum absolute atomic E-state index is 13.5. The third-order valence-corrected chi connectivity index (χ3v) is 7.70. The number of hydrogen-bond acceptors (Lipinski definition) is 5. The normalized spacial score (nSPS) is 15.0. The van der Waals surface area contributed by atoms with Gasteiger partial charge in [0.05, 0.1) is 17.7 Å². The molecule has 1 fully saturated rings. The number of aryl methyl sites for hydroxylation is 1. The lowest BCUT2D eigenvalue weighted by atomic mass is 10.2. The average molecular weight is 474 g/mol. The molecule has 0 bridgehead atoms. The van der Waals surface area contributed by atoms with Gasteiger partial charge in [0.2, 0.25) is 5.91 Å². The fourth-order valence-corrected chi connectivity index (χ4v) is 5.48. The molecule has 0 aliphatic carbocycles. The summed E-state index contributed by atoms with van der Waals surface area (Å²) in [4.78, 5) is 15.4. The summed E-state index contributed by atoms with van der Waals surface area (Å²) in [5, 5.41) is 2.90. The standard InChI is InChI=1S/C25H35N3O4S/c1-21-12-14-22(15-13-21)33(30,31)28(23-10-5-6-11-24(23)32-2)20-25(29)26-16-9-19-27-17-7-3-4-8-18-27/h5-6,10-15H,3-4,7-9,16-20H2,1-2H3,(H,26,29). The largest absolute Gasteiger partial charge is 0.495 e. The summed E-state index contributed by atoms with van der Waals surface area (Å²) < 4.78 is 33.5. The molecule has 1 aliphatic rings. The maximum Gasteiger partial charge on any atom is 0.264 e. The van der Waals surface area contributed by atoms with Crippen molar-refractivity contribution in [3.05, 3.63) is 54.1 Å². The summed E-state index contributed by atoms with van der Waals surface area (Å²) in [5.74, 6) is 0.0506. The van der Waals surface area contributed by atoms with Crippen LogP contribution < -0.4 is 14.4 Å². The minimum Gasteiger partial charge on any atom is -0.495 e. The van der Waals surface area contributed by atoms with E-state index >= 15 is 0 Å². The van der Waals surface area contributed by atoms with Gasteiger partial charge in [0.15, 0.2) is 0 Å². The molecule has 1 aliphatic heterocycles. The van der Waals surface area contributed by atoms with Gasteiger partial charge >= 0.3 is 0 Å². The van der Waals surface area contributed by atoms with Gasteiger partial charge in [-0.1, -0.05) is 42.7 Å². The molecule has 1 heterocycles. The molecule has 0 atom stereocenters. The lowest BCUT2D eigenvalue weighted by molar-refractivity contribution is -0.119. The summed E-state index contributed by atoms with van der Waals surface area (Å²) in [6, 6.07) is 13.4. The van der Waals surface area contributed by atoms with Crippen LogP contribution in [0.2, 0.25) is 0 Å². The van der Waals surface area contributed by atoms with E-state index in [-0.39, 0.29) is 17.3 Å². The molecular weight excluding hydrogens is 438 g/mol. The van der Waals surface area contributed by atoms with Gasteiger partial charge in [-0.15, -0.1) is 0 Å². The van der Waals surface area contributed by atoms with E-state index in [0.29, 0.717) is 18.0 Å². The molecule has 7 nitrogen and oxygen atoms in total. The van der Waals surface area contributed by atoms with E-state index in [1.54, 1.807) is 48.5 Å². The van der Waals surface area contributed by atoms with Crippen molar-refractivity contribution in [3.63, 3.8) is 0 Å². The van der Waals surface area contributed by atoms with Crippen LogP contribution >= 0.6 is 0 Å². The number of nitrogens with zero attached hydrogens (tertiary/aromatic N) is 2. The van der Waals surface area contributed by atoms with Gasteiger partial charge in [-0.2, -0.15) is 0 Å². The van der Waals surface area contributed by atoms with Crippen molar-refractivity contribution in [1.29, 1.82) is 0 Å². The predicted molar refractivity (Wildman–Crippen MR) is 131 cm³/mol. The molecule has 0 unspecified atom stereocenters. The highest BCUT2D eigenvalue weighted by Crippen LogP contribution is 2.32. The van der Waals surface area contributed by atoms with Crippen LogP contribution in [0.25, 0.3) is 0 Å². The molecule has 1 amide bonds. The summed E-state index contributed by atoms with van der Waals surface area (Å²) in [5.41, 5.74) is 1.29. The number of amides is 1. The van der Waals surface area contributed by atoms with E-state index in [9.17, 15) is 13.2 Å². The average Bonchev–Trinajstić information content (AvgIpc) is 3.09. The van der Waals surface area contributed by atoms with Gasteiger partial charge in [-0.3, -0.25) is 9.10 Å². The molecule has 0 saturated carbocycles. The van der Waals surface area contributed by atoms with E-state index in [1.165, 1.54) is 32.8 Å². The molecule has 0 spiro atoms. The van der Waals surface area contributed by atoms with Gasteiger partial charge in [-0.05, 0) is 70.1 Å². The third-order valence-electron chi connectivity index (χ3n) is 5.92. The van der Waals surface area contributed by atoms with Crippen LogP contribution in [0.3, 0.4) is 0 Å². The number of carbonyl (C=O) groups excluding carboxylic acids is 1. The summed E-state index contributed by atoms with van der Waals surface area (Å²) in [6.07, 6.45) is 5.89. The highest BCUT2D eigenvalue weighted by atomic mass is 32.2. The number of nitrogens with one attached hydrogen (secondary N) is 1. The number of likely N-dealkylation sites (tertiary alicyclic amines) is 1. The molecule has 180 valence electrons. The quantitative estimate of drug-likeness (QED) is 0.534. The number of carbonyl (C=O) groups is 1. The molecule has 1 saturated heterocycles. The first-order valence-corrected chi connectivity index (χ1v) is 13.1. The predicted octanol–water partition coefficient (Wildman–Crippen LogP) is 3.58. The van der Waals surface area contributed by atoms with Gasteiger partial charge in [-0.25, -0.2) is 8.42 Å². The number of methoxy groups -OCH3 is 1. The van der Waals surface area contributed by atoms with Crippen molar-refractivity contribution in [2.24, 2.45) is 0 Å². The first-order chi connectivity index (χ1) is 15.9. The number of anilines is 1. The maximum atomic E-state index is 13.5. The Morgan fingerprint density at radius 3 is 2.36 bits per heavy atom. The smallest absolute Gasteiger partial charge is 0.264 e. The van der Waals surface area contributed by atoms with Crippen molar-refractivity contribution < 1.29 is 17.9 Å². The van der Waals surface area contributed by atoms with Crippen LogP contribution in [-0.4, -0.2) is 59.1 Å². The molecular formula is C25H35N3O4S. The zero-order chi connectivity index (χ0) is 23.7. The highest BCUT2D eigenvalue weighted by Gasteiger charge is 2.29. The molecule has 1 N–H and O–H groups in total. The highest BCUT2D eigenvalue weighted by molar-refractivity contribution is 7.92. The van der Waals surface area contributed by atoms with Crippen LogP contribution in [0, 0.1) is 6.92 Å². The topological polar surface area (TPSA) is 79.0 Å². The van der Waals surface area contributed by atoms with Gasteiger partial charge < -0.3 is 15.0 Å². The van der Waals surface area contributed by atoms with Gasteiger partial charge in [0.25, 0.3) is 10.0 Å². The fourth-order valence-electron chi connectivity index (χ4n) is 4.05. The minimum atomic E-state index is -3.97. The molecule has 0 aromatic heterocycles. The molecule has 8 heteroatoms. The van der Waals surface area contributed by atoms with Crippen LogP contribution in [0.15, 0.2) is 53.4 Å². The second-order valence-electron chi connectivity index (χ2n) is 8.46. The van der Waals surface area contributed by atoms with Crippen molar-refractivity contribution in [3.8, 4) is 5.75 Å². The van der Waals surface area contributed by atoms with Crippen LogP contribution in [0.1, 0.15) is 37.7 Å². The number of rotatable bonds is 10. The molecule has 0 radical (unpaired) electrons. The number of hydrogen-bond donors (Lipinski definition) is 1. The van der Waals surface area contributed by atoms with Crippen LogP contribution in [-0.2, 0) is 14.8 Å². The zero-order valence-corrected chi connectivity index (χ0v) is 20.4. The SMILES string of the molecule is COc1ccccc1N(CC(=O)NCCCN1CCCCCC1)S(=O)(=O)c1ccc(C)cc1. The Morgan fingerprint density at radius 1 is 1.03 bits per heavy atom. The Bertz CT molecular complexity index is 1000. The van der Waals surface area contributed by atoms with E-state index in [0.717, 1.165) is 35.9 Å². The Kier molecular flexibility index (Phi) is 9.14. The second-order valence-corrected chi connectivity index (χ2v) is 10.3. The number of para-hydroxylation sites is 2. The second kappa shape index (κ2) is 12.0. The van der Waals surface area contributed by atoms with E-state index in [4.69, 9.17) is 4.74 Å². The summed E-state index contributed by atoms with van der Waals surface area (Å²) >= 11 is 0. The number of sulfonamides is 1. The molecule has 33 heavy (non-hydrogen) atoms. The third kappa shape index (κ3) is 6.95. The Balaban J connectivity index is 1.70. The Labute approximate surface area is 197 Å². The lowest BCUT2D eigenvalue weighted by Gasteiger charge is -2.26.